The molecule has 2 heterocycles. The van der Waals surface area contributed by atoms with Crippen molar-refractivity contribution in [1.82, 2.24) is 0 Å². The Labute approximate surface area is 140 Å². The number of ether oxygens (including phenoxy) is 3. The van der Waals surface area contributed by atoms with Gasteiger partial charge in [-0.05, 0) is 54.7 Å². The van der Waals surface area contributed by atoms with Crippen molar-refractivity contribution < 1.29 is 24.1 Å². The lowest BCUT2D eigenvalue weighted by atomic mass is 10.1. The minimum absolute atomic E-state index is 0.0145. The normalized spacial score (nSPS) is 15.0. The number of carbonyl (C=O) groups excluding carboxylic acids is 1. The summed E-state index contributed by atoms with van der Waals surface area (Å²) in [6.07, 6.45) is 2.35. The number of hydrogen-bond acceptors (Lipinski definition) is 5. The van der Waals surface area contributed by atoms with Crippen LogP contribution in [-0.2, 0) is 22.4 Å². The van der Waals surface area contributed by atoms with Crippen LogP contribution in [-0.4, -0.2) is 24.8 Å². The molecule has 24 heavy (non-hydrogen) atoms. The molecule has 0 aliphatic carbocycles. The van der Waals surface area contributed by atoms with Gasteiger partial charge in [0.2, 0.25) is 5.75 Å². The minimum atomic E-state index is -0.239. The molecular formula is C19H20O5. The zero-order valence-corrected chi connectivity index (χ0v) is 13.6. The summed E-state index contributed by atoms with van der Waals surface area (Å²) in [5, 5.41) is 10.2. The first kappa shape index (κ1) is 16.2. The molecule has 126 valence electrons. The quantitative estimate of drug-likeness (QED) is 0.810. The Morgan fingerprint density at radius 2 is 1.83 bits per heavy atom. The van der Waals surface area contributed by atoms with Gasteiger partial charge < -0.3 is 19.3 Å². The first-order valence-electron chi connectivity index (χ1n) is 7.98. The number of carbonyl (C=O) groups is 1. The van der Waals surface area contributed by atoms with Crippen LogP contribution in [0.3, 0.4) is 0 Å². The average molecular weight is 328 g/mol. The second-order valence-corrected chi connectivity index (χ2v) is 5.72. The highest BCUT2D eigenvalue weighted by Crippen LogP contribution is 2.40. The van der Waals surface area contributed by atoms with E-state index < -0.39 is 0 Å². The Bertz CT molecular complexity index is 721. The summed E-state index contributed by atoms with van der Waals surface area (Å²) in [5.41, 5.74) is 1.93. The number of methoxy groups -OCH3 is 1. The summed E-state index contributed by atoms with van der Waals surface area (Å²) < 4.78 is 16.4. The highest BCUT2D eigenvalue weighted by Gasteiger charge is 2.15. The zero-order valence-electron chi connectivity index (χ0n) is 13.6. The highest BCUT2D eigenvalue weighted by molar-refractivity contribution is 5.70. The van der Waals surface area contributed by atoms with Gasteiger partial charge in [0.25, 0.3) is 0 Å². The number of esters is 1. The number of benzene rings is 2. The first-order valence-corrected chi connectivity index (χ1v) is 7.98. The van der Waals surface area contributed by atoms with E-state index in [1.165, 1.54) is 7.11 Å². The molecule has 0 saturated carbocycles. The van der Waals surface area contributed by atoms with Crippen molar-refractivity contribution in [2.24, 2.45) is 0 Å². The molecule has 0 amide bonds. The molecule has 0 radical (unpaired) electrons. The fourth-order valence-corrected chi connectivity index (χ4v) is 2.70. The van der Waals surface area contributed by atoms with Crippen molar-refractivity contribution in [3.8, 4) is 23.0 Å². The van der Waals surface area contributed by atoms with Gasteiger partial charge in [-0.3, -0.25) is 4.79 Å². The van der Waals surface area contributed by atoms with Crippen LogP contribution in [0.25, 0.3) is 0 Å². The fourth-order valence-electron chi connectivity index (χ4n) is 2.70. The van der Waals surface area contributed by atoms with Crippen LogP contribution in [0.1, 0.15) is 24.0 Å². The minimum Gasteiger partial charge on any atom is -0.504 e. The van der Waals surface area contributed by atoms with Crippen LogP contribution in [0.4, 0.5) is 0 Å². The van der Waals surface area contributed by atoms with E-state index >= 15 is 0 Å². The Kier molecular flexibility index (Phi) is 4.89. The molecule has 0 fully saturated rings. The van der Waals surface area contributed by atoms with Crippen molar-refractivity contribution in [2.75, 3.05) is 13.7 Å². The SMILES string of the molecule is COc1c(O)cc2cc1Oc1ccc(cc1)CCCOC(=O)CC2. The van der Waals surface area contributed by atoms with Crippen LogP contribution in [0.15, 0.2) is 36.4 Å². The molecular weight excluding hydrogens is 308 g/mol. The maximum atomic E-state index is 11.8. The fraction of sp³-hybridized carbons (Fsp3) is 0.316. The second kappa shape index (κ2) is 7.25. The lowest BCUT2D eigenvalue weighted by molar-refractivity contribution is -0.143. The van der Waals surface area contributed by atoms with Crippen LogP contribution in [0.5, 0.6) is 23.0 Å². The van der Waals surface area contributed by atoms with Crippen molar-refractivity contribution >= 4 is 5.97 Å². The predicted octanol–water partition coefficient (Wildman–Crippen LogP) is 3.62. The van der Waals surface area contributed by atoms with E-state index in [1.807, 2.05) is 24.3 Å². The number of fused-ring (bicyclic) bond motifs is 8. The van der Waals surface area contributed by atoms with Gasteiger partial charge in [0, 0.05) is 6.42 Å². The van der Waals surface area contributed by atoms with Crippen molar-refractivity contribution in [3.63, 3.8) is 0 Å². The van der Waals surface area contributed by atoms with E-state index in [4.69, 9.17) is 14.2 Å². The van der Waals surface area contributed by atoms with Crippen molar-refractivity contribution in [3.05, 3.63) is 47.5 Å². The summed E-state index contributed by atoms with van der Waals surface area (Å²) in [4.78, 5) is 11.8. The molecule has 2 aliphatic heterocycles. The molecule has 2 aromatic rings. The molecule has 2 aliphatic rings. The van der Waals surface area contributed by atoms with E-state index in [9.17, 15) is 9.90 Å². The van der Waals surface area contributed by atoms with E-state index in [-0.39, 0.29) is 23.9 Å². The number of aryl methyl sites for hydroxylation is 2. The number of rotatable bonds is 1. The second-order valence-electron chi connectivity index (χ2n) is 5.72. The number of aromatic hydroxyl groups is 1. The third-order valence-corrected chi connectivity index (χ3v) is 3.94. The lowest BCUT2D eigenvalue weighted by Gasteiger charge is -2.14. The molecule has 0 spiro atoms. The molecule has 0 aromatic heterocycles. The molecule has 0 saturated heterocycles. The summed E-state index contributed by atoms with van der Waals surface area (Å²) in [6, 6.07) is 11.1. The molecule has 4 rings (SSSR count). The van der Waals surface area contributed by atoms with E-state index in [1.54, 1.807) is 12.1 Å². The first-order chi connectivity index (χ1) is 11.7. The Hall–Kier alpha value is -2.69. The maximum Gasteiger partial charge on any atom is 0.306 e. The Morgan fingerprint density at radius 3 is 2.58 bits per heavy atom. The van der Waals surface area contributed by atoms with Gasteiger partial charge in [-0.25, -0.2) is 0 Å². The zero-order chi connectivity index (χ0) is 16.9. The third-order valence-electron chi connectivity index (χ3n) is 3.94. The molecule has 4 bridgehead atoms. The third kappa shape index (κ3) is 3.79. The molecule has 0 atom stereocenters. The van der Waals surface area contributed by atoms with Crippen molar-refractivity contribution in [2.45, 2.75) is 25.7 Å². The predicted molar refractivity (Wildman–Crippen MR) is 88.8 cm³/mol. The summed E-state index contributed by atoms with van der Waals surface area (Å²) >= 11 is 0. The van der Waals surface area contributed by atoms with E-state index in [2.05, 4.69) is 0 Å². The van der Waals surface area contributed by atoms with Crippen LogP contribution < -0.4 is 9.47 Å². The van der Waals surface area contributed by atoms with Gasteiger partial charge in [-0.2, -0.15) is 0 Å². The van der Waals surface area contributed by atoms with Crippen LogP contribution in [0.2, 0.25) is 0 Å². The Balaban J connectivity index is 1.97. The molecule has 5 heteroatoms. The average Bonchev–Trinajstić information content (AvgIpc) is 2.58. The highest BCUT2D eigenvalue weighted by atomic mass is 16.5. The smallest absolute Gasteiger partial charge is 0.306 e. The van der Waals surface area contributed by atoms with Gasteiger partial charge in [-0.15, -0.1) is 0 Å². The lowest BCUT2D eigenvalue weighted by Crippen LogP contribution is -2.07. The van der Waals surface area contributed by atoms with Gasteiger partial charge in [0.05, 0.1) is 13.7 Å². The van der Waals surface area contributed by atoms with Gasteiger partial charge in [0.15, 0.2) is 11.5 Å². The van der Waals surface area contributed by atoms with Gasteiger partial charge >= 0.3 is 5.97 Å². The summed E-state index contributed by atoms with van der Waals surface area (Å²) in [6.45, 7) is 0.413. The summed E-state index contributed by atoms with van der Waals surface area (Å²) in [5.74, 6) is 1.10. The van der Waals surface area contributed by atoms with E-state index in [0.29, 0.717) is 24.5 Å². The largest absolute Gasteiger partial charge is 0.504 e. The van der Waals surface area contributed by atoms with Gasteiger partial charge in [-0.1, -0.05) is 12.1 Å². The van der Waals surface area contributed by atoms with E-state index in [0.717, 1.165) is 24.0 Å². The summed E-state index contributed by atoms with van der Waals surface area (Å²) in [7, 11) is 1.48. The number of hydrogen-bond donors (Lipinski definition) is 1. The van der Waals surface area contributed by atoms with Crippen LogP contribution >= 0.6 is 0 Å². The molecule has 2 aromatic carbocycles. The molecule has 5 nitrogen and oxygen atoms in total. The Morgan fingerprint density at radius 1 is 1.04 bits per heavy atom. The van der Waals surface area contributed by atoms with Gasteiger partial charge in [0.1, 0.15) is 5.75 Å². The topological polar surface area (TPSA) is 65.0 Å². The molecule has 1 N–H and O–H groups in total. The standard InChI is InChI=1S/C19H20O5/c1-22-19-16(20)11-14-6-9-18(21)23-10-2-3-13-4-7-15(8-5-13)24-17(19)12-14/h4-5,7-8,11-12,20H,2-3,6,9-10H2,1H3. The van der Waals surface area contributed by atoms with Crippen LogP contribution in [0, 0.1) is 0 Å². The monoisotopic (exact) mass is 328 g/mol. The maximum absolute atomic E-state index is 11.8. The van der Waals surface area contributed by atoms with Crippen molar-refractivity contribution in [1.29, 1.82) is 0 Å². The number of phenolic OH excluding ortho intramolecular Hbond substituents is 1. The number of phenols is 1. The molecule has 0 unspecified atom stereocenters.